The second-order valence-electron chi connectivity index (χ2n) is 7.15. The van der Waals surface area contributed by atoms with E-state index in [0.29, 0.717) is 19.5 Å². The van der Waals surface area contributed by atoms with Crippen molar-refractivity contribution >= 4 is 5.91 Å². The number of hydrogen-bond donors (Lipinski definition) is 1. The molecule has 5 nitrogen and oxygen atoms in total. The lowest BCUT2D eigenvalue weighted by Gasteiger charge is -2.25. The van der Waals surface area contributed by atoms with Gasteiger partial charge in [-0.1, -0.05) is 31.2 Å². The average molecular weight is 371 g/mol. The number of likely N-dealkylation sites (tertiary alicyclic amines) is 1. The van der Waals surface area contributed by atoms with Gasteiger partial charge in [-0.2, -0.15) is 0 Å². The van der Waals surface area contributed by atoms with E-state index in [2.05, 4.69) is 0 Å². The SMILES string of the molecule is CCn1cc(-c2ccc([C@H](C)[C@H](N)C(=O)N3CC[C@H](F)C3)cc2)ccc1=O. The second kappa shape index (κ2) is 8.05. The molecule has 0 aliphatic carbocycles. The lowest BCUT2D eigenvalue weighted by atomic mass is 9.91. The highest BCUT2D eigenvalue weighted by atomic mass is 19.1. The van der Waals surface area contributed by atoms with Crippen LogP contribution in [0.1, 0.15) is 31.7 Å². The minimum atomic E-state index is -0.942. The maximum atomic E-state index is 13.4. The monoisotopic (exact) mass is 371 g/mol. The van der Waals surface area contributed by atoms with Gasteiger partial charge < -0.3 is 15.2 Å². The van der Waals surface area contributed by atoms with Gasteiger partial charge in [-0.25, -0.2) is 4.39 Å². The largest absolute Gasteiger partial charge is 0.338 e. The van der Waals surface area contributed by atoms with Gasteiger partial charge in [0.1, 0.15) is 6.17 Å². The first-order chi connectivity index (χ1) is 12.9. The van der Waals surface area contributed by atoms with E-state index >= 15 is 0 Å². The molecule has 27 heavy (non-hydrogen) atoms. The Balaban J connectivity index is 1.74. The Labute approximate surface area is 158 Å². The lowest BCUT2D eigenvalue weighted by molar-refractivity contribution is -0.132. The fourth-order valence-corrected chi connectivity index (χ4v) is 3.48. The summed E-state index contributed by atoms with van der Waals surface area (Å²) >= 11 is 0. The van der Waals surface area contributed by atoms with Gasteiger partial charge >= 0.3 is 0 Å². The molecule has 1 aromatic carbocycles. The zero-order valence-corrected chi connectivity index (χ0v) is 15.8. The number of nitrogens with zero attached hydrogens (tertiary/aromatic N) is 2. The van der Waals surface area contributed by atoms with Crippen molar-refractivity contribution in [2.24, 2.45) is 5.73 Å². The molecule has 1 amide bonds. The summed E-state index contributed by atoms with van der Waals surface area (Å²) in [5.41, 5.74) is 9.06. The number of pyridine rings is 1. The Kier molecular flexibility index (Phi) is 5.75. The van der Waals surface area contributed by atoms with Gasteiger partial charge in [-0.05, 0) is 36.1 Å². The molecule has 1 aliphatic heterocycles. The molecule has 144 valence electrons. The topological polar surface area (TPSA) is 68.3 Å². The van der Waals surface area contributed by atoms with E-state index in [-0.39, 0.29) is 23.9 Å². The van der Waals surface area contributed by atoms with Crippen LogP contribution in [0.3, 0.4) is 0 Å². The Hall–Kier alpha value is -2.47. The number of carbonyl (C=O) groups excluding carboxylic acids is 1. The molecule has 0 unspecified atom stereocenters. The standard InChI is InChI=1S/C21H26FN3O2/c1-3-24-12-17(8-9-19(24)26)16-6-4-15(5-7-16)14(2)20(23)21(27)25-11-10-18(22)13-25/h4-9,12,14,18,20H,3,10-11,13,23H2,1-2H3/t14-,18-,20-/m0/s1. The van der Waals surface area contributed by atoms with Crippen LogP contribution in [-0.4, -0.2) is 40.7 Å². The summed E-state index contributed by atoms with van der Waals surface area (Å²) in [5.74, 6) is -0.364. The van der Waals surface area contributed by atoms with Gasteiger partial charge in [-0.3, -0.25) is 9.59 Å². The normalized spacial score (nSPS) is 19.1. The molecule has 3 atom stereocenters. The van der Waals surface area contributed by atoms with Gasteiger partial charge in [-0.15, -0.1) is 0 Å². The van der Waals surface area contributed by atoms with Crippen LogP contribution in [0, 0.1) is 0 Å². The maximum absolute atomic E-state index is 13.4. The predicted octanol–water partition coefficient (Wildman–Crippen LogP) is 2.54. The molecule has 1 aromatic heterocycles. The van der Waals surface area contributed by atoms with Crippen LogP contribution in [0.2, 0.25) is 0 Å². The highest BCUT2D eigenvalue weighted by molar-refractivity contribution is 5.83. The van der Waals surface area contributed by atoms with E-state index in [4.69, 9.17) is 5.73 Å². The van der Waals surface area contributed by atoms with Crippen LogP contribution in [0.5, 0.6) is 0 Å². The number of alkyl halides is 1. The van der Waals surface area contributed by atoms with Crippen LogP contribution in [0.4, 0.5) is 4.39 Å². The smallest absolute Gasteiger partial charge is 0.250 e. The van der Waals surface area contributed by atoms with Crippen LogP contribution in [-0.2, 0) is 11.3 Å². The third-order valence-electron chi connectivity index (χ3n) is 5.36. The van der Waals surface area contributed by atoms with Crippen molar-refractivity contribution < 1.29 is 9.18 Å². The molecule has 3 rings (SSSR count). The molecule has 1 saturated heterocycles. The fourth-order valence-electron chi connectivity index (χ4n) is 3.48. The van der Waals surface area contributed by atoms with Gasteiger partial charge in [0.25, 0.3) is 5.56 Å². The number of carbonyl (C=O) groups is 1. The lowest BCUT2D eigenvalue weighted by Crippen LogP contribution is -2.45. The number of halogens is 1. The van der Waals surface area contributed by atoms with Crippen LogP contribution >= 0.6 is 0 Å². The molecular formula is C21H26FN3O2. The van der Waals surface area contributed by atoms with Crippen LogP contribution in [0.25, 0.3) is 11.1 Å². The van der Waals surface area contributed by atoms with E-state index in [9.17, 15) is 14.0 Å². The fraction of sp³-hybridized carbons (Fsp3) is 0.429. The van der Waals surface area contributed by atoms with Crippen molar-refractivity contribution in [3.63, 3.8) is 0 Å². The summed E-state index contributed by atoms with van der Waals surface area (Å²) in [6, 6.07) is 10.5. The first-order valence-electron chi connectivity index (χ1n) is 9.40. The van der Waals surface area contributed by atoms with E-state index < -0.39 is 12.2 Å². The number of nitrogens with two attached hydrogens (primary N) is 1. The van der Waals surface area contributed by atoms with Crippen molar-refractivity contribution in [2.45, 2.75) is 44.9 Å². The first kappa shape index (κ1) is 19.3. The number of aromatic nitrogens is 1. The molecule has 0 spiro atoms. The van der Waals surface area contributed by atoms with E-state index in [0.717, 1.165) is 16.7 Å². The molecule has 1 fully saturated rings. The highest BCUT2D eigenvalue weighted by Gasteiger charge is 2.32. The zero-order valence-electron chi connectivity index (χ0n) is 15.8. The van der Waals surface area contributed by atoms with E-state index in [1.54, 1.807) is 10.6 Å². The maximum Gasteiger partial charge on any atom is 0.250 e. The predicted molar refractivity (Wildman–Crippen MR) is 104 cm³/mol. The minimum absolute atomic E-state index is 0.0200. The number of benzene rings is 1. The summed E-state index contributed by atoms with van der Waals surface area (Å²) in [6.45, 7) is 5.05. The third-order valence-corrected chi connectivity index (χ3v) is 5.36. The Morgan fingerprint density at radius 2 is 1.89 bits per heavy atom. The summed E-state index contributed by atoms with van der Waals surface area (Å²) in [4.78, 5) is 25.8. The number of aryl methyl sites for hydroxylation is 1. The van der Waals surface area contributed by atoms with Crippen molar-refractivity contribution in [3.8, 4) is 11.1 Å². The molecule has 0 saturated carbocycles. The van der Waals surface area contributed by atoms with Gasteiger partial charge in [0.15, 0.2) is 0 Å². The third kappa shape index (κ3) is 4.11. The first-order valence-corrected chi connectivity index (χ1v) is 9.40. The summed E-state index contributed by atoms with van der Waals surface area (Å²) < 4.78 is 15.0. The minimum Gasteiger partial charge on any atom is -0.338 e. The quantitative estimate of drug-likeness (QED) is 0.878. The summed E-state index contributed by atoms with van der Waals surface area (Å²) in [6.07, 6.45) is 1.29. The number of amides is 1. The molecule has 1 aliphatic rings. The van der Waals surface area contributed by atoms with Crippen LogP contribution in [0.15, 0.2) is 47.4 Å². The molecular weight excluding hydrogens is 345 g/mol. The van der Waals surface area contributed by atoms with Gasteiger partial charge in [0.2, 0.25) is 5.91 Å². The highest BCUT2D eigenvalue weighted by Crippen LogP contribution is 2.25. The average Bonchev–Trinajstić information content (AvgIpc) is 3.13. The summed E-state index contributed by atoms with van der Waals surface area (Å²) in [5, 5.41) is 0. The summed E-state index contributed by atoms with van der Waals surface area (Å²) in [7, 11) is 0. The Morgan fingerprint density at radius 3 is 2.48 bits per heavy atom. The van der Waals surface area contributed by atoms with E-state index in [1.807, 2.05) is 50.4 Å². The van der Waals surface area contributed by atoms with E-state index in [1.165, 1.54) is 4.90 Å². The second-order valence-corrected chi connectivity index (χ2v) is 7.15. The molecule has 2 heterocycles. The molecule has 2 N–H and O–H groups in total. The number of hydrogen-bond acceptors (Lipinski definition) is 3. The van der Waals surface area contributed by atoms with Gasteiger partial charge in [0, 0.05) is 31.3 Å². The molecule has 2 aromatic rings. The number of rotatable bonds is 5. The molecule has 0 radical (unpaired) electrons. The Bertz CT molecular complexity index is 862. The Morgan fingerprint density at radius 1 is 1.22 bits per heavy atom. The van der Waals surface area contributed by atoms with Crippen molar-refractivity contribution in [1.29, 1.82) is 0 Å². The van der Waals surface area contributed by atoms with Crippen molar-refractivity contribution in [3.05, 3.63) is 58.5 Å². The zero-order chi connectivity index (χ0) is 19.6. The van der Waals surface area contributed by atoms with Gasteiger partial charge in [0.05, 0.1) is 12.6 Å². The van der Waals surface area contributed by atoms with Crippen molar-refractivity contribution in [2.75, 3.05) is 13.1 Å². The molecule has 6 heteroatoms. The van der Waals surface area contributed by atoms with Crippen molar-refractivity contribution in [1.82, 2.24) is 9.47 Å². The van der Waals surface area contributed by atoms with Crippen LogP contribution < -0.4 is 11.3 Å². The molecule has 0 bridgehead atoms.